The van der Waals surface area contributed by atoms with Crippen LogP contribution in [-0.2, 0) is 6.54 Å². The molecule has 0 unspecified atom stereocenters. The Morgan fingerprint density at radius 1 is 1.30 bits per heavy atom. The van der Waals surface area contributed by atoms with Crippen molar-refractivity contribution in [3.05, 3.63) is 63.1 Å². The zero-order chi connectivity index (χ0) is 16.4. The Hall–Kier alpha value is -2.23. The van der Waals surface area contributed by atoms with Crippen LogP contribution < -0.4 is 4.80 Å². The number of amides is 1. The quantitative estimate of drug-likeness (QED) is 0.611. The lowest BCUT2D eigenvalue weighted by Gasteiger charge is -2.00. The Kier molecular flexibility index (Phi) is 4.42. The molecule has 0 fully saturated rings. The molecule has 1 heterocycles. The molecule has 0 bridgehead atoms. The van der Waals surface area contributed by atoms with E-state index in [0.717, 1.165) is 4.47 Å². The van der Waals surface area contributed by atoms with E-state index >= 15 is 0 Å². The Morgan fingerprint density at radius 2 is 2.04 bits per heavy atom. The second kappa shape index (κ2) is 6.49. The normalized spacial score (nSPS) is 11.6. The van der Waals surface area contributed by atoms with E-state index in [4.69, 9.17) is 6.42 Å². The molecule has 0 aliphatic heterocycles. The van der Waals surface area contributed by atoms with Gasteiger partial charge in [-0.1, -0.05) is 39.3 Å². The molecule has 0 spiro atoms. The molecule has 1 aromatic heterocycles. The second-order valence-electron chi connectivity index (χ2n) is 4.69. The lowest BCUT2D eigenvalue weighted by molar-refractivity contribution is 0.0998. The van der Waals surface area contributed by atoms with Crippen molar-refractivity contribution in [2.45, 2.75) is 6.54 Å². The van der Waals surface area contributed by atoms with Crippen LogP contribution in [0.3, 0.4) is 0 Å². The van der Waals surface area contributed by atoms with E-state index < -0.39 is 5.91 Å². The summed E-state index contributed by atoms with van der Waals surface area (Å²) in [5.41, 5.74) is 0.830. The Balaban J connectivity index is 2.17. The summed E-state index contributed by atoms with van der Waals surface area (Å²) in [6, 6.07) is 11.6. The highest BCUT2D eigenvalue weighted by atomic mass is 79.9. The van der Waals surface area contributed by atoms with E-state index in [9.17, 15) is 9.18 Å². The predicted octanol–water partition coefficient (Wildman–Crippen LogP) is 3.98. The van der Waals surface area contributed by atoms with Crippen LogP contribution >= 0.6 is 27.3 Å². The lowest BCUT2D eigenvalue weighted by atomic mass is 10.2. The number of carbonyl (C=O) groups excluding carboxylic acids is 1. The van der Waals surface area contributed by atoms with Gasteiger partial charge in [0.15, 0.2) is 4.80 Å². The molecule has 3 rings (SSSR count). The highest BCUT2D eigenvalue weighted by Crippen LogP contribution is 2.20. The minimum Gasteiger partial charge on any atom is -0.302 e. The van der Waals surface area contributed by atoms with Crippen LogP contribution in [0.4, 0.5) is 4.39 Å². The van der Waals surface area contributed by atoms with Crippen LogP contribution in [-0.4, -0.2) is 10.5 Å². The lowest BCUT2D eigenvalue weighted by Crippen LogP contribution is -2.17. The van der Waals surface area contributed by atoms with Crippen molar-refractivity contribution in [2.24, 2.45) is 4.99 Å². The van der Waals surface area contributed by atoms with Crippen LogP contribution in [0, 0.1) is 18.2 Å². The maximum atomic E-state index is 14.1. The molecular weight excluding hydrogens is 379 g/mol. The number of aromatic nitrogens is 1. The molecule has 0 radical (unpaired) electrons. The zero-order valence-corrected chi connectivity index (χ0v) is 14.2. The summed E-state index contributed by atoms with van der Waals surface area (Å²) in [7, 11) is 0. The molecule has 0 N–H and O–H groups in total. The van der Waals surface area contributed by atoms with Gasteiger partial charge in [0.2, 0.25) is 0 Å². The number of hydrogen-bond donors (Lipinski definition) is 0. The second-order valence-corrected chi connectivity index (χ2v) is 6.61. The fraction of sp³-hybridized carbons (Fsp3) is 0.0588. The first-order valence-electron chi connectivity index (χ1n) is 6.66. The number of carbonyl (C=O) groups is 1. The molecule has 3 nitrogen and oxygen atoms in total. The maximum Gasteiger partial charge on any atom is 0.279 e. The van der Waals surface area contributed by atoms with Crippen molar-refractivity contribution in [3.8, 4) is 12.3 Å². The molecular formula is C17H10BrFN2OS. The minimum atomic E-state index is -0.393. The molecule has 0 aliphatic carbocycles. The van der Waals surface area contributed by atoms with E-state index in [1.165, 1.54) is 17.4 Å². The van der Waals surface area contributed by atoms with Gasteiger partial charge in [0.25, 0.3) is 5.91 Å². The number of para-hydroxylation sites is 1. The smallest absolute Gasteiger partial charge is 0.279 e. The summed E-state index contributed by atoms with van der Waals surface area (Å²) < 4.78 is 17.2. The summed E-state index contributed by atoms with van der Waals surface area (Å²) in [5.74, 6) is 1.70. The third kappa shape index (κ3) is 3.11. The first kappa shape index (κ1) is 15.7. The van der Waals surface area contributed by atoms with Crippen LogP contribution in [0.1, 0.15) is 10.4 Å². The third-order valence-corrected chi connectivity index (χ3v) is 4.76. The van der Waals surface area contributed by atoms with Crippen LogP contribution in [0.2, 0.25) is 0 Å². The maximum absolute atomic E-state index is 14.1. The molecule has 2 aromatic carbocycles. The van der Waals surface area contributed by atoms with E-state index in [1.54, 1.807) is 41.0 Å². The molecule has 23 heavy (non-hydrogen) atoms. The number of terminal acetylenes is 1. The number of hydrogen-bond acceptors (Lipinski definition) is 2. The topological polar surface area (TPSA) is 34.4 Å². The van der Waals surface area contributed by atoms with Gasteiger partial charge in [0.05, 0.1) is 16.8 Å². The number of fused-ring (bicyclic) bond motifs is 1. The number of thiazole rings is 1. The van der Waals surface area contributed by atoms with Gasteiger partial charge in [-0.3, -0.25) is 4.79 Å². The van der Waals surface area contributed by atoms with Crippen LogP contribution in [0.25, 0.3) is 10.2 Å². The SMILES string of the molecule is C#CCn1c(=NC(=O)c2ccc(Br)cc2)sc2cccc(F)c21. The number of nitrogens with zero attached hydrogens (tertiary/aromatic N) is 2. The van der Waals surface area contributed by atoms with Gasteiger partial charge in [-0.25, -0.2) is 4.39 Å². The first-order chi connectivity index (χ1) is 11.1. The van der Waals surface area contributed by atoms with Gasteiger partial charge in [-0.2, -0.15) is 4.99 Å². The van der Waals surface area contributed by atoms with Crippen molar-refractivity contribution >= 4 is 43.4 Å². The molecule has 1 amide bonds. The largest absolute Gasteiger partial charge is 0.302 e. The van der Waals surface area contributed by atoms with Gasteiger partial charge < -0.3 is 4.57 Å². The van der Waals surface area contributed by atoms with Gasteiger partial charge in [-0.15, -0.1) is 6.42 Å². The highest BCUT2D eigenvalue weighted by molar-refractivity contribution is 9.10. The Labute approximate surface area is 144 Å². The van der Waals surface area contributed by atoms with E-state index in [1.807, 2.05) is 0 Å². The summed E-state index contributed by atoms with van der Waals surface area (Å²) in [4.78, 5) is 16.8. The minimum absolute atomic E-state index is 0.146. The van der Waals surface area contributed by atoms with Gasteiger partial charge in [-0.05, 0) is 36.4 Å². The van der Waals surface area contributed by atoms with Crippen LogP contribution in [0.15, 0.2) is 51.9 Å². The summed E-state index contributed by atoms with van der Waals surface area (Å²) in [6.45, 7) is 0.146. The van der Waals surface area contributed by atoms with Crippen molar-refractivity contribution in [1.82, 2.24) is 4.57 Å². The van der Waals surface area contributed by atoms with Crippen molar-refractivity contribution in [1.29, 1.82) is 0 Å². The van der Waals surface area contributed by atoms with E-state index in [-0.39, 0.29) is 12.4 Å². The Bertz CT molecular complexity index is 996. The molecule has 6 heteroatoms. The van der Waals surface area contributed by atoms with Gasteiger partial charge in [0, 0.05) is 10.0 Å². The van der Waals surface area contributed by atoms with Crippen LogP contribution in [0.5, 0.6) is 0 Å². The molecule has 0 saturated heterocycles. The number of rotatable bonds is 2. The third-order valence-electron chi connectivity index (χ3n) is 3.19. The fourth-order valence-corrected chi connectivity index (χ4v) is 3.46. The van der Waals surface area contributed by atoms with Crippen molar-refractivity contribution in [2.75, 3.05) is 0 Å². The standard InChI is InChI=1S/C17H10BrFN2OS/c1-2-10-21-15-13(19)4-3-5-14(15)23-17(21)20-16(22)11-6-8-12(18)9-7-11/h1,3-9H,10H2. The highest BCUT2D eigenvalue weighted by Gasteiger charge is 2.11. The molecule has 114 valence electrons. The average molecular weight is 389 g/mol. The van der Waals surface area contributed by atoms with Crippen molar-refractivity contribution < 1.29 is 9.18 Å². The average Bonchev–Trinajstić information content (AvgIpc) is 2.87. The molecule has 0 saturated carbocycles. The van der Waals surface area contributed by atoms with E-state index in [0.29, 0.717) is 20.6 Å². The molecule has 0 aliphatic rings. The predicted molar refractivity (Wildman–Crippen MR) is 92.6 cm³/mol. The fourth-order valence-electron chi connectivity index (χ4n) is 2.15. The summed E-state index contributed by atoms with van der Waals surface area (Å²) in [6.07, 6.45) is 5.37. The summed E-state index contributed by atoms with van der Waals surface area (Å²) in [5, 5.41) is 0. The Morgan fingerprint density at radius 3 is 2.74 bits per heavy atom. The number of halogens is 2. The zero-order valence-electron chi connectivity index (χ0n) is 11.8. The molecule has 0 atom stereocenters. The monoisotopic (exact) mass is 388 g/mol. The van der Waals surface area contributed by atoms with Gasteiger partial charge in [0.1, 0.15) is 5.82 Å². The summed E-state index contributed by atoms with van der Waals surface area (Å²) >= 11 is 4.55. The molecule has 3 aromatic rings. The number of benzene rings is 2. The van der Waals surface area contributed by atoms with Gasteiger partial charge >= 0.3 is 0 Å². The first-order valence-corrected chi connectivity index (χ1v) is 8.27. The van der Waals surface area contributed by atoms with E-state index in [2.05, 4.69) is 26.8 Å². The van der Waals surface area contributed by atoms with Crippen molar-refractivity contribution in [3.63, 3.8) is 0 Å².